The molecule has 1 aromatic rings. The Balaban J connectivity index is 1.86. The van der Waals surface area contributed by atoms with Gasteiger partial charge in [0, 0.05) is 60.4 Å². The number of amidine groups is 1. The second kappa shape index (κ2) is 7.12. The summed E-state index contributed by atoms with van der Waals surface area (Å²) in [6.07, 6.45) is 3.18. The van der Waals surface area contributed by atoms with Crippen LogP contribution in [0.4, 0.5) is 0 Å². The molecule has 8 heteroatoms. The van der Waals surface area contributed by atoms with Crippen LogP contribution in [0.1, 0.15) is 24.8 Å². The molecule has 0 spiro atoms. The Labute approximate surface area is 144 Å². The van der Waals surface area contributed by atoms with Gasteiger partial charge in [-0.15, -0.1) is 11.3 Å². The summed E-state index contributed by atoms with van der Waals surface area (Å²) < 4.78 is 5.49. The van der Waals surface area contributed by atoms with Crippen LogP contribution in [-0.2, 0) is 4.79 Å². The van der Waals surface area contributed by atoms with Crippen molar-refractivity contribution in [3.63, 3.8) is 0 Å². The van der Waals surface area contributed by atoms with Crippen molar-refractivity contribution in [1.82, 2.24) is 18.9 Å². The lowest BCUT2D eigenvalue weighted by molar-refractivity contribution is -0.115. The summed E-state index contributed by atoms with van der Waals surface area (Å²) in [5.41, 5.74) is 1.99. The summed E-state index contributed by atoms with van der Waals surface area (Å²) in [5.74, 6) is 1.11. The molecule has 2 aliphatic rings. The minimum atomic E-state index is 0.202. The van der Waals surface area contributed by atoms with Crippen molar-refractivity contribution in [2.45, 2.75) is 25.8 Å². The van der Waals surface area contributed by atoms with E-state index in [4.69, 9.17) is 0 Å². The van der Waals surface area contributed by atoms with Gasteiger partial charge in [-0.1, -0.05) is 6.92 Å². The highest BCUT2D eigenvalue weighted by Crippen LogP contribution is 2.32. The standard InChI is InChI=1S/C15H21N5OS2/c1-4-13(21)11-8-17-14(15-16-5-6-22-15)20-9-10(7-12(11)20)18-23-19(2)3/h5-6,10,18H,4,7-9H2,1-3H3. The van der Waals surface area contributed by atoms with Gasteiger partial charge in [-0.2, -0.15) is 0 Å². The van der Waals surface area contributed by atoms with E-state index in [-0.39, 0.29) is 5.78 Å². The largest absolute Gasteiger partial charge is 0.326 e. The lowest BCUT2D eigenvalue weighted by Gasteiger charge is -2.27. The van der Waals surface area contributed by atoms with E-state index in [1.807, 2.05) is 30.7 Å². The van der Waals surface area contributed by atoms with Gasteiger partial charge in [0.15, 0.2) is 16.6 Å². The van der Waals surface area contributed by atoms with Crippen LogP contribution in [-0.4, -0.2) is 59.0 Å². The Kier molecular flexibility index (Phi) is 5.15. The number of thiazole rings is 1. The average Bonchev–Trinajstić information content (AvgIpc) is 3.20. The van der Waals surface area contributed by atoms with Gasteiger partial charge in [-0.05, 0) is 14.1 Å². The number of hydrogen-bond donors (Lipinski definition) is 1. The molecule has 1 fully saturated rings. The first-order valence-corrected chi connectivity index (χ1v) is 9.32. The molecule has 124 valence electrons. The number of hydrogen-bond acceptors (Lipinski definition) is 8. The zero-order chi connectivity index (χ0) is 16.4. The molecule has 1 aromatic heterocycles. The van der Waals surface area contributed by atoms with Gasteiger partial charge in [0.05, 0.1) is 6.54 Å². The molecule has 0 radical (unpaired) electrons. The van der Waals surface area contributed by atoms with Crippen molar-refractivity contribution in [2.75, 3.05) is 27.2 Å². The van der Waals surface area contributed by atoms with Gasteiger partial charge in [-0.25, -0.2) is 14.0 Å². The number of carbonyl (C=O) groups is 1. The fourth-order valence-electron chi connectivity index (χ4n) is 2.81. The number of rotatable bonds is 6. The van der Waals surface area contributed by atoms with Gasteiger partial charge in [0.25, 0.3) is 0 Å². The van der Waals surface area contributed by atoms with E-state index in [2.05, 4.69) is 19.6 Å². The number of Topliss-reactive ketones (excluding diaryl/α,β-unsaturated/α-hetero) is 1. The van der Waals surface area contributed by atoms with E-state index < -0.39 is 0 Å². The maximum Gasteiger partial charge on any atom is 0.165 e. The average molecular weight is 352 g/mol. The highest BCUT2D eigenvalue weighted by atomic mass is 32.2. The monoisotopic (exact) mass is 351 g/mol. The number of aromatic nitrogens is 1. The van der Waals surface area contributed by atoms with Gasteiger partial charge < -0.3 is 4.90 Å². The fraction of sp³-hybridized carbons (Fsp3) is 0.533. The summed E-state index contributed by atoms with van der Waals surface area (Å²) in [5, 5.41) is 2.88. The molecular weight excluding hydrogens is 330 g/mol. The number of ketones is 1. The van der Waals surface area contributed by atoms with Crippen molar-refractivity contribution in [1.29, 1.82) is 0 Å². The quantitative estimate of drug-likeness (QED) is 0.790. The first-order valence-electron chi connectivity index (χ1n) is 7.67. The maximum absolute atomic E-state index is 12.3. The van der Waals surface area contributed by atoms with E-state index in [0.29, 0.717) is 19.0 Å². The maximum atomic E-state index is 12.3. The first-order chi connectivity index (χ1) is 11.1. The van der Waals surface area contributed by atoms with Crippen molar-refractivity contribution >= 4 is 35.1 Å². The molecule has 1 saturated heterocycles. The first kappa shape index (κ1) is 16.6. The molecular formula is C15H21N5OS2. The Bertz CT molecular complexity index is 638. The predicted octanol–water partition coefficient (Wildman–Crippen LogP) is 1.93. The van der Waals surface area contributed by atoms with Gasteiger partial charge in [-0.3, -0.25) is 9.79 Å². The molecule has 1 N–H and O–H groups in total. The van der Waals surface area contributed by atoms with Gasteiger partial charge in [0.1, 0.15) is 0 Å². The molecule has 0 amide bonds. The van der Waals surface area contributed by atoms with Crippen molar-refractivity contribution in [2.24, 2.45) is 4.99 Å². The molecule has 2 aliphatic heterocycles. The van der Waals surface area contributed by atoms with Crippen molar-refractivity contribution in [3.8, 4) is 0 Å². The van der Waals surface area contributed by atoms with Crippen molar-refractivity contribution in [3.05, 3.63) is 27.9 Å². The highest BCUT2D eigenvalue weighted by Gasteiger charge is 2.36. The third-order valence-electron chi connectivity index (χ3n) is 3.84. The number of fused-ring (bicyclic) bond motifs is 1. The van der Waals surface area contributed by atoms with Crippen LogP contribution in [0.25, 0.3) is 0 Å². The SMILES string of the molecule is CCC(=O)C1=C2CC(NSN(C)C)CN2C(c2nccs2)=NC1. The second-order valence-corrected chi connectivity index (χ2v) is 7.76. The Morgan fingerprint density at radius 3 is 3.04 bits per heavy atom. The number of carbonyl (C=O) groups excluding carboxylic acids is 1. The second-order valence-electron chi connectivity index (χ2n) is 5.71. The van der Waals surface area contributed by atoms with E-state index in [1.54, 1.807) is 29.7 Å². The summed E-state index contributed by atoms with van der Waals surface area (Å²) >= 11 is 3.17. The van der Waals surface area contributed by atoms with Gasteiger partial charge >= 0.3 is 0 Å². The molecule has 1 atom stereocenters. The summed E-state index contributed by atoms with van der Waals surface area (Å²) in [6, 6.07) is 0.292. The molecule has 0 aliphatic carbocycles. The summed E-state index contributed by atoms with van der Waals surface area (Å²) in [4.78, 5) is 23.5. The molecule has 0 saturated carbocycles. The minimum absolute atomic E-state index is 0.202. The van der Waals surface area contributed by atoms with Crippen LogP contribution in [0.15, 0.2) is 27.8 Å². The zero-order valence-electron chi connectivity index (χ0n) is 13.6. The van der Waals surface area contributed by atoms with E-state index in [0.717, 1.165) is 35.1 Å². The molecule has 3 heterocycles. The number of aliphatic imine (C=N–C) groups is 1. The smallest absolute Gasteiger partial charge is 0.165 e. The van der Waals surface area contributed by atoms with Gasteiger partial charge in [0.2, 0.25) is 0 Å². The van der Waals surface area contributed by atoms with Crippen molar-refractivity contribution < 1.29 is 4.79 Å². The van der Waals surface area contributed by atoms with E-state index in [9.17, 15) is 4.79 Å². The third-order valence-corrected chi connectivity index (χ3v) is 5.42. The van der Waals surface area contributed by atoms with E-state index in [1.165, 1.54) is 0 Å². The molecule has 3 rings (SSSR count). The highest BCUT2D eigenvalue weighted by molar-refractivity contribution is 7.95. The Morgan fingerprint density at radius 2 is 2.39 bits per heavy atom. The van der Waals surface area contributed by atoms with E-state index >= 15 is 0 Å². The zero-order valence-corrected chi connectivity index (χ0v) is 15.2. The molecule has 6 nitrogen and oxygen atoms in total. The predicted molar refractivity (Wildman–Crippen MR) is 95.4 cm³/mol. The van der Waals surface area contributed by atoms with Crippen LogP contribution >= 0.6 is 23.5 Å². The van der Waals surface area contributed by atoms with Crippen LogP contribution in [0.2, 0.25) is 0 Å². The molecule has 0 aromatic carbocycles. The Hall–Kier alpha value is -1.22. The summed E-state index contributed by atoms with van der Waals surface area (Å²) in [7, 11) is 4.02. The lowest BCUT2D eigenvalue weighted by Crippen LogP contribution is -2.36. The minimum Gasteiger partial charge on any atom is -0.326 e. The fourth-order valence-corrected chi connectivity index (χ4v) is 3.98. The van der Waals surface area contributed by atoms with Crippen LogP contribution in [0, 0.1) is 0 Å². The molecule has 1 unspecified atom stereocenters. The molecule has 23 heavy (non-hydrogen) atoms. The number of nitrogens with one attached hydrogen (secondary N) is 1. The summed E-state index contributed by atoms with van der Waals surface area (Å²) in [6.45, 7) is 3.20. The number of nitrogens with zero attached hydrogens (tertiary/aromatic N) is 4. The van der Waals surface area contributed by atoms with Crippen LogP contribution < -0.4 is 4.72 Å². The third kappa shape index (κ3) is 3.50. The normalized spacial score (nSPS) is 21.0. The molecule has 0 bridgehead atoms. The van der Waals surface area contributed by atoms with Crippen LogP contribution in [0.3, 0.4) is 0 Å². The Morgan fingerprint density at radius 1 is 1.57 bits per heavy atom. The topological polar surface area (TPSA) is 60.8 Å². The lowest BCUT2D eigenvalue weighted by atomic mass is 10.0. The van der Waals surface area contributed by atoms with Crippen LogP contribution in [0.5, 0.6) is 0 Å².